The summed E-state index contributed by atoms with van der Waals surface area (Å²) < 4.78 is 26.3. The summed E-state index contributed by atoms with van der Waals surface area (Å²) in [7, 11) is -3.78. The summed E-state index contributed by atoms with van der Waals surface area (Å²) >= 11 is 1.06. The van der Waals surface area contributed by atoms with Gasteiger partial charge in [-0.1, -0.05) is 0 Å². The summed E-state index contributed by atoms with van der Waals surface area (Å²) in [4.78, 5) is 7.78. The number of aromatic nitrogens is 3. The second-order valence-electron chi connectivity index (χ2n) is 2.64. The van der Waals surface area contributed by atoms with Gasteiger partial charge in [-0.3, -0.25) is 4.98 Å². The first kappa shape index (κ1) is 10.1. The summed E-state index contributed by atoms with van der Waals surface area (Å²) in [6, 6.07) is 2.89. The maximum atomic E-state index is 11.2. The minimum atomic E-state index is -3.78. The van der Waals surface area contributed by atoms with Crippen molar-refractivity contribution in [2.24, 2.45) is 5.14 Å². The van der Waals surface area contributed by atoms with Gasteiger partial charge in [-0.25, -0.2) is 18.5 Å². The molecule has 0 bridgehead atoms. The van der Waals surface area contributed by atoms with E-state index in [4.69, 9.17) is 5.14 Å². The highest BCUT2D eigenvalue weighted by atomic mass is 32.2. The molecule has 15 heavy (non-hydrogen) atoms. The first-order chi connectivity index (χ1) is 7.09. The molecule has 0 aromatic carbocycles. The third kappa shape index (κ3) is 2.01. The van der Waals surface area contributed by atoms with Crippen molar-refractivity contribution in [3.05, 3.63) is 24.7 Å². The van der Waals surface area contributed by atoms with Crippen LogP contribution in [0.4, 0.5) is 0 Å². The molecule has 0 amide bonds. The monoisotopic (exact) mass is 242 g/mol. The number of nitrogens with zero attached hydrogens (tertiary/aromatic N) is 3. The minimum Gasteiger partial charge on any atom is -0.252 e. The smallest absolute Gasteiger partial charge is 0.240 e. The zero-order chi connectivity index (χ0) is 10.9. The van der Waals surface area contributed by atoms with Crippen molar-refractivity contribution in [3.8, 4) is 10.7 Å². The molecule has 6 nitrogen and oxygen atoms in total. The Morgan fingerprint density at radius 1 is 1.33 bits per heavy atom. The molecule has 0 aliphatic rings. The summed E-state index contributed by atoms with van der Waals surface area (Å²) in [5, 5.41) is 5.48. The van der Waals surface area contributed by atoms with Gasteiger partial charge in [0.25, 0.3) is 0 Å². The Labute approximate surface area is 90.0 Å². The zero-order valence-electron chi connectivity index (χ0n) is 7.36. The van der Waals surface area contributed by atoms with Crippen LogP contribution in [0, 0.1) is 0 Å². The fourth-order valence-corrected chi connectivity index (χ4v) is 2.35. The number of hydrogen-bond donors (Lipinski definition) is 1. The van der Waals surface area contributed by atoms with Gasteiger partial charge in [0.15, 0.2) is 5.01 Å². The predicted molar refractivity (Wildman–Crippen MR) is 54.5 cm³/mol. The molecule has 2 rings (SSSR count). The lowest BCUT2D eigenvalue weighted by Crippen LogP contribution is -2.13. The lowest BCUT2D eigenvalue weighted by molar-refractivity contribution is 0.597. The van der Waals surface area contributed by atoms with E-state index in [2.05, 4.69) is 14.3 Å². The highest BCUT2D eigenvalue weighted by molar-refractivity contribution is 7.89. The van der Waals surface area contributed by atoms with Gasteiger partial charge in [0.2, 0.25) is 10.0 Å². The second kappa shape index (κ2) is 3.65. The van der Waals surface area contributed by atoms with Gasteiger partial charge in [0, 0.05) is 6.20 Å². The van der Waals surface area contributed by atoms with Crippen molar-refractivity contribution in [1.82, 2.24) is 14.3 Å². The van der Waals surface area contributed by atoms with E-state index in [0.717, 1.165) is 11.5 Å². The Hall–Kier alpha value is -1.38. The Morgan fingerprint density at radius 2 is 2.13 bits per heavy atom. The Morgan fingerprint density at radius 3 is 2.73 bits per heavy atom. The molecule has 2 aromatic heterocycles. The first-order valence-corrected chi connectivity index (χ1v) is 6.16. The number of nitrogens with two attached hydrogens (primary N) is 1. The Bertz CT molecular complexity index is 564. The van der Waals surface area contributed by atoms with Crippen molar-refractivity contribution in [2.45, 2.75) is 4.90 Å². The van der Waals surface area contributed by atoms with E-state index in [1.165, 1.54) is 24.7 Å². The topological polar surface area (TPSA) is 98.8 Å². The maximum Gasteiger partial charge on any atom is 0.240 e. The van der Waals surface area contributed by atoms with Crippen LogP contribution in [0.3, 0.4) is 0 Å². The molecule has 2 N–H and O–H groups in total. The van der Waals surface area contributed by atoms with Crippen molar-refractivity contribution < 1.29 is 8.42 Å². The number of hydrogen-bond acceptors (Lipinski definition) is 6. The van der Waals surface area contributed by atoms with Crippen LogP contribution in [0.2, 0.25) is 0 Å². The molecule has 0 aliphatic heterocycles. The van der Waals surface area contributed by atoms with Crippen LogP contribution < -0.4 is 5.14 Å². The standard InChI is InChI=1S/C7H6N4O2S2/c8-15(12,13)5-2-1-3-9-6(5)7-10-4-11-14-7/h1-4H,(H2,8,12,13). The Balaban J connectivity index is 2.68. The molecule has 0 unspecified atom stereocenters. The molecule has 0 spiro atoms. The predicted octanol–water partition coefficient (Wildman–Crippen LogP) is 0.248. The van der Waals surface area contributed by atoms with E-state index in [0.29, 0.717) is 5.01 Å². The Kier molecular flexibility index (Phi) is 2.47. The third-order valence-corrected chi connectivity index (χ3v) is 3.25. The molecule has 2 heterocycles. The van der Waals surface area contributed by atoms with Crippen molar-refractivity contribution >= 4 is 21.6 Å². The van der Waals surface area contributed by atoms with E-state index in [1.54, 1.807) is 0 Å². The van der Waals surface area contributed by atoms with Crippen LogP contribution >= 0.6 is 11.5 Å². The van der Waals surface area contributed by atoms with Gasteiger partial charge < -0.3 is 0 Å². The SMILES string of the molecule is NS(=O)(=O)c1cccnc1-c1ncns1. The van der Waals surface area contributed by atoms with Gasteiger partial charge in [-0.2, -0.15) is 4.37 Å². The molecular weight excluding hydrogens is 236 g/mol. The molecule has 0 fully saturated rings. The zero-order valence-corrected chi connectivity index (χ0v) is 8.99. The molecule has 8 heteroatoms. The number of sulfonamides is 1. The fourth-order valence-electron chi connectivity index (χ4n) is 1.06. The number of primary sulfonamides is 1. The molecule has 0 radical (unpaired) electrons. The van der Waals surface area contributed by atoms with Gasteiger partial charge in [0.1, 0.15) is 16.9 Å². The molecule has 0 atom stereocenters. The van der Waals surface area contributed by atoms with Crippen LogP contribution in [-0.2, 0) is 10.0 Å². The third-order valence-electron chi connectivity index (χ3n) is 1.64. The first-order valence-electron chi connectivity index (χ1n) is 3.84. The van der Waals surface area contributed by atoms with Crippen molar-refractivity contribution in [3.63, 3.8) is 0 Å². The highest BCUT2D eigenvalue weighted by Gasteiger charge is 2.17. The largest absolute Gasteiger partial charge is 0.252 e. The van der Waals surface area contributed by atoms with Gasteiger partial charge in [0.05, 0.1) is 0 Å². The number of pyridine rings is 1. The van der Waals surface area contributed by atoms with Crippen LogP contribution in [0.25, 0.3) is 10.7 Å². The molecule has 78 valence electrons. The van der Waals surface area contributed by atoms with Crippen LogP contribution in [0.15, 0.2) is 29.6 Å². The van der Waals surface area contributed by atoms with Crippen LogP contribution in [0.5, 0.6) is 0 Å². The van der Waals surface area contributed by atoms with E-state index >= 15 is 0 Å². The quantitative estimate of drug-likeness (QED) is 0.813. The lowest BCUT2D eigenvalue weighted by atomic mass is 10.4. The molecule has 0 saturated carbocycles. The fraction of sp³-hybridized carbons (Fsp3) is 0. The van der Waals surface area contributed by atoms with Crippen LogP contribution in [-0.4, -0.2) is 22.8 Å². The summed E-state index contributed by atoms with van der Waals surface area (Å²) in [5.41, 5.74) is 0.238. The molecule has 0 saturated heterocycles. The minimum absolute atomic E-state index is 0.0400. The van der Waals surface area contributed by atoms with Gasteiger partial charge in [-0.15, -0.1) is 0 Å². The molecule has 0 aliphatic carbocycles. The van der Waals surface area contributed by atoms with Gasteiger partial charge in [-0.05, 0) is 23.7 Å². The second-order valence-corrected chi connectivity index (χ2v) is 4.95. The van der Waals surface area contributed by atoms with E-state index in [1.807, 2.05) is 0 Å². The molecule has 2 aromatic rings. The van der Waals surface area contributed by atoms with Crippen molar-refractivity contribution in [2.75, 3.05) is 0 Å². The average molecular weight is 242 g/mol. The van der Waals surface area contributed by atoms with E-state index in [-0.39, 0.29) is 10.6 Å². The van der Waals surface area contributed by atoms with Crippen LogP contribution in [0.1, 0.15) is 0 Å². The van der Waals surface area contributed by atoms with E-state index < -0.39 is 10.0 Å². The summed E-state index contributed by atoms with van der Waals surface area (Å²) in [6.45, 7) is 0. The lowest BCUT2D eigenvalue weighted by Gasteiger charge is -2.01. The highest BCUT2D eigenvalue weighted by Crippen LogP contribution is 2.24. The maximum absolute atomic E-state index is 11.2. The summed E-state index contributed by atoms with van der Waals surface area (Å²) in [5.74, 6) is 0. The normalized spacial score (nSPS) is 11.5. The average Bonchev–Trinajstić information content (AvgIpc) is 2.69. The van der Waals surface area contributed by atoms with Gasteiger partial charge >= 0.3 is 0 Å². The van der Waals surface area contributed by atoms with E-state index in [9.17, 15) is 8.42 Å². The van der Waals surface area contributed by atoms with Crippen molar-refractivity contribution in [1.29, 1.82) is 0 Å². The number of rotatable bonds is 2. The molecular formula is C7H6N4O2S2. The summed E-state index contributed by atoms with van der Waals surface area (Å²) in [6.07, 6.45) is 2.81.